The van der Waals surface area contributed by atoms with E-state index < -0.39 is 19.5 Å². The van der Waals surface area contributed by atoms with E-state index in [4.69, 9.17) is 8.85 Å². The Balaban J connectivity index is 5.34. The smallest absolute Gasteiger partial charge is 0.169 e. The highest BCUT2D eigenvalue weighted by molar-refractivity contribution is 9.09. The molecule has 0 atom stereocenters. The highest BCUT2D eigenvalue weighted by atomic mass is 33.5. The van der Waals surface area contributed by atoms with Crippen LogP contribution in [-0.2, 0) is 8.85 Å². The molecule has 2 nitrogen and oxygen atoms in total. The molecule has 0 fully saturated rings. The molecule has 0 aliphatic heterocycles. The maximum atomic E-state index is 5.89. The summed E-state index contributed by atoms with van der Waals surface area (Å²) in [6.07, 6.45) is 0. The molecule has 0 bridgehead atoms. The van der Waals surface area contributed by atoms with Gasteiger partial charge in [-0.1, -0.05) is 105 Å². The maximum absolute atomic E-state index is 5.89. The van der Waals surface area contributed by atoms with Crippen LogP contribution < -0.4 is 0 Å². The zero-order valence-corrected chi connectivity index (χ0v) is 27.1. The number of hydrogen-bond acceptors (Lipinski definition) is 5. The zero-order chi connectivity index (χ0) is 23.4. The standard InChI is InChI=1S/C22H50O2S3Si2/c1-17(2,3)21(28-23-13,18(4,5)6)15-25-27-26-16-22(29-24-14,19(7,8)9)20(10,11)12/h15-16,28-29H2,1-14H3. The van der Waals surface area contributed by atoms with E-state index in [1.54, 1.807) is 0 Å². The Labute approximate surface area is 199 Å². The van der Waals surface area contributed by atoms with Gasteiger partial charge < -0.3 is 8.85 Å². The minimum Gasteiger partial charge on any atom is -0.426 e. The van der Waals surface area contributed by atoms with E-state index in [-0.39, 0.29) is 31.7 Å². The van der Waals surface area contributed by atoms with Crippen LogP contribution in [0.5, 0.6) is 0 Å². The third kappa shape index (κ3) is 7.19. The van der Waals surface area contributed by atoms with Crippen molar-refractivity contribution >= 4 is 50.9 Å². The molecule has 0 spiro atoms. The molecule has 0 amide bonds. The van der Waals surface area contributed by atoms with Crippen LogP contribution in [-0.4, -0.2) is 45.3 Å². The summed E-state index contributed by atoms with van der Waals surface area (Å²) in [6, 6.07) is 0. The molecule has 0 aromatic heterocycles. The van der Waals surface area contributed by atoms with Crippen LogP contribution in [0.1, 0.15) is 83.1 Å². The van der Waals surface area contributed by atoms with Gasteiger partial charge in [0, 0.05) is 35.8 Å². The van der Waals surface area contributed by atoms with Gasteiger partial charge in [0.15, 0.2) is 19.5 Å². The largest absolute Gasteiger partial charge is 0.426 e. The predicted octanol–water partition coefficient (Wildman–Crippen LogP) is 6.98. The van der Waals surface area contributed by atoms with Crippen molar-refractivity contribution in [1.29, 1.82) is 0 Å². The molecule has 0 heterocycles. The fourth-order valence-corrected chi connectivity index (χ4v) is 15.2. The predicted molar refractivity (Wildman–Crippen MR) is 147 cm³/mol. The van der Waals surface area contributed by atoms with Crippen LogP contribution in [0.3, 0.4) is 0 Å². The van der Waals surface area contributed by atoms with Gasteiger partial charge in [-0.15, -0.1) is 0 Å². The van der Waals surface area contributed by atoms with E-state index in [0.29, 0.717) is 0 Å². The minimum absolute atomic E-state index is 0.231. The van der Waals surface area contributed by atoms with E-state index >= 15 is 0 Å². The molecule has 7 heteroatoms. The molecule has 0 aliphatic carbocycles. The van der Waals surface area contributed by atoms with Gasteiger partial charge >= 0.3 is 0 Å². The van der Waals surface area contributed by atoms with Crippen molar-refractivity contribution in [2.24, 2.45) is 21.7 Å². The Morgan fingerprint density at radius 2 is 0.759 bits per heavy atom. The molecular formula is C22H50O2S3Si2. The molecule has 0 radical (unpaired) electrons. The lowest BCUT2D eigenvalue weighted by Crippen LogP contribution is -2.47. The normalized spacial score (nSPS) is 15.9. The van der Waals surface area contributed by atoms with E-state index in [0.717, 1.165) is 11.5 Å². The van der Waals surface area contributed by atoms with E-state index in [9.17, 15) is 0 Å². The van der Waals surface area contributed by atoms with Crippen LogP contribution in [0, 0.1) is 21.7 Å². The Bertz CT molecular complexity index is 414. The van der Waals surface area contributed by atoms with Crippen molar-refractivity contribution in [3.63, 3.8) is 0 Å². The van der Waals surface area contributed by atoms with Gasteiger partial charge in [0.1, 0.15) is 0 Å². The van der Waals surface area contributed by atoms with E-state index in [2.05, 4.69) is 83.1 Å². The topological polar surface area (TPSA) is 18.5 Å². The van der Waals surface area contributed by atoms with Crippen molar-refractivity contribution in [3.05, 3.63) is 0 Å². The molecule has 176 valence electrons. The van der Waals surface area contributed by atoms with E-state index in [1.165, 1.54) is 0 Å². The quantitative estimate of drug-likeness (QED) is 0.183. The summed E-state index contributed by atoms with van der Waals surface area (Å²) >= 11 is 0. The van der Waals surface area contributed by atoms with Crippen molar-refractivity contribution < 1.29 is 8.85 Å². The second-order valence-electron chi connectivity index (χ2n) is 12.6. The lowest BCUT2D eigenvalue weighted by atomic mass is 9.66. The van der Waals surface area contributed by atoms with Crippen LogP contribution in [0.4, 0.5) is 0 Å². The molecule has 0 rings (SSSR count). The molecule has 0 aromatic carbocycles. The second-order valence-corrected chi connectivity index (χ2v) is 21.0. The van der Waals surface area contributed by atoms with Crippen molar-refractivity contribution in [2.75, 3.05) is 25.7 Å². The maximum Gasteiger partial charge on any atom is 0.169 e. The third-order valence-corrected chi connectivity index (χ3v) is 18.7. The Morgan fingerprint density at radius 3 is 0.931 bits per heavy atom. The van der Waals surface area contributed by atoms with Gasteiger partial charge in [-0.25, -0.2) is 0 Å². The average Bonchev–Trinajstić information content (AvgIpc) is 2.47. The summed E-state index contributed by atoms with van der Waals surface area (Å²) in [4.78, 5) is 0. The molecule has 0 aromatic rings. The first-order valence-corrected chi connectivity index (χ1v) is 17.1. The lowest BCUT2D eigenvalue weighted by Gasteiger charge is -2.53. The lowest BCUT2D eigenvalue weighted by molar-refractivity contribution is 0.126. The van der Waals surface area contributed by atoms with E-state index in [1.807, 2.05) is 45.6 Å². The molecule has 0 saturated heterocycles. The van der Waals surface area contributed by atoms with Gasteiger partial charge in [0.05, 0.1) is 0 Å². The summed E-state index contributed by atoms with van der Waals surface area (Å²) < 4.78 is 11.8. The van der Waals surface area contributed by atoms with Gasteiger partial charge in [-0.3, -0.25) is 0 Å². The van der Waals surface area contributed by atoms with Crippen LogP contribution in [0.15, 0.2) is 0 Å². The fourth-order valence-electron chi connectivity index (χ4n) is 4.84. The van der Waals surface area contributed by atoms with Gasteiger partial charge in [-0.2, -0.15) is 0 Å². The van der Waals surface area contributed by atoms with Gasteiger partial charge in [0.25, 0.3) is 0 Å². The SMILES string of the molecule is CO[SiH2]C(CSSSCC([SiH2]OC)(C(C)(C)C)C(C)(C)C)(C(C)(C)C)C(C)(C)C. The minimum atomic E-state index is -0.651. The van der Waals surface area contributed by atoms with Crippen LogP contribution >= 0.6 is 31.4 Å². The summed E-state index contributed by atoms with van der Waals surface area (Å²) in [5.74, 6) is 2.30. The Hall–Kier alpha value is 1.40. The number of rotatable bonds is 10. The van der Waals surface area contributed by atoms with Gasteiger partial charge in [0.2, 0.25) is 0 Å². The highest BCUT2D eigenvalue weighted by Crippen LogP contribution is 2.63. The summed E-state index contributed by atoms with van der Waals surface area (Å²) in [6.45, 7) is 28.8. The highest BCUT2D eigenvalue weighted by Gasteiger charge is 2.52. The first-order chi connectivity index (χ1) is 12.8. The summed E-state index contributed by atoms with van der Waals surface area (Å²) in [7, 11) is 8.58. The van der Waals surface area contributed by atoms with Crippen LogP contribution in [0.25, 0.3) is 0 Å². The average molecular weight is 499 g/mol. The monoisotopic (exact) mass is 498 g/mol. The Kier molecular flexibility index (Phi) is 11.5. The number of hydrogen-bond donors (Lipinski definition) is 0. The zero-order valence-electron chi connectivity index (χ0n) is 21.9. The summed E-state index contributed by atoms with van der Waals surface area (Å²) in [5.41, 5.74) is 0.926. The van der Waals surface area contributed by atoms with Crippen molar-refractivity contribution in [2.45, 2.75) is 93.2 Å². The first-order valence-electron chi connectivity index (χ1n) is 10.7. The van der Waals surface area contributed by atoms with Gasteiger partial charge in [-0.05, 0) is 31.5 Å². The Morgan fingerprint density at radius 1 is 0.517 bits per heavy atom. The molecule has 29 heavy (non-hydrogen) atoms. The third-order valence-electron chi connectivity index (χ3n) is 7.23. The first kappa shape index (κ1) is 30.4. The molecule has 0 saturated carbocycles. The molecular weight excluding hydrogens is 449 g/mol. The molecule has 0 unspecified atom stereocenters. The van der Waals surface area contributed by atoms with Crippen molar-refractivity contribution in [1.82, 2.24) is 0 Å². The summed E-state index contributed by atoms with van der Waals surface area (Å²) in [5, 5.41) is 0.499. The molecule has 0 aliphatic rings. The second kappa shape index (κ2) is 11.0. The van der Waals surface area contributed by atoms with Crippen LogP contribution in [0.2, 0.25) is 10.1 Å². The fraction of sp³-hybridized carbons (Fsp3) is 1.00. The molecule has 0 N–H and O–H groups in total. The van der Waals surface area contributed by atoms with Crippen molar-refractivity contribution in [3.8, 4) is 0 Å².